The molecule has 0 aromatic heterocycles. The van der Waals surface area contributed by atoms with E-state index in [9.17, 15) is 29.7 Å². The number of ether oxygens (including phenoxy) is 2. The van der Waals surface area contributed by atoms with E-state index in [2.05, 4.69) is 0 Å². The molecule has 146 valence electrons. The van der Waals surface area contributed by atoms with E-state index in [4.69, 9.17) is 9.47 Å². The summed E-state index contributed by atoms with van der Waals surface area (Å²) in [5.41, 5.74) is -1.75. The van der Waals surface area contributed by atoms with Gasteiger partial charge in [0, 0.05) is 18.1 Å². The second kappa shape index (κ2) is 6.88. The largest absolute Gasteiger partial charge is 0.507 e. The van der Waals surface area contributed by atoms with Gasteiger partial charge < -0.3 is 24.8 Å². The predicted octanol–water partition coefficient (Wildman–Crippen LogP) is 2.58. The molecule has 0 fully saturated rings. The average Bonchev–Trinajstić information content (AvgIpc) is 2.64. The van der Waals surface area contributed by atoms with Crippen LogP contribution in [0.25, 0.3) is 0 Å². The van der Waals surface area contributed by atoms with Gasteiger partial charge in [0.05, 0.1) is 36.5 Å². The maximum atomic E-state index is 13.2. The second-order valence-electron chi connectivity index (χ2n) is 6.25. The van der Waals surface area contributed by atoms with Crippen molar-refractivity contribution < 1.29 is 39.2 Å². The molecule has 0 heterocycles. The van der Waals surface area contributed by atoms with Crippen molar-refractivity contribution >= 4 is 17.3 Å². The van der Waals surface area contributed by atoms with Crippen molar-refractivity contribution in [1.82, 2.24) is 0 Å². The number of phenols is 3. The van der Waals surface area contributed by atoms with Crippen molar-refractivity contribution in [2.45, 2.75) is 19.8 Å². The number of fused-ring (bicyclic) bond motifs is 2. The van der Waals surface area contributed by atoms with E-state index < -0.39 is 40.2 Å². The molecule has 0 atom stereocenters. The predicted molar refractivity (Wildman–Crippen MR) is 97.1 cm³/mol. The van der Waals surface area contributed by atoms with Gasteiger partial charge in [-0.2, -0.15) is 0 Å². The Kier molecular flexibility index (Phi) is 4.72. The van der Waals surface area contributed by atoms with Crippen molar-refractivity contribution in [2.24, 2.45) is 0 Å². The number of rotatable bonds is 5. The van der Waals surface area contributed by atoms with Crippen LogP contribution in [-0.2, 0) is 0 Å². The van der Waals surface area contributed by atoms with E-state index in [1.807, 2.05) is 0 Å². The highest BCUT2D eigenvalue weighted by atomic mass is 16.5. The summed E-state index contributed by atoms with van der Waals surface area (Å²) in [6.07, 6.45) is 0.495. The molecule has 2 aromatic rings. The Morgan fingerprint density at radius 2 is 1.61 bits per heavy atom. The molecule has 0 unspecified atom stereocenters. The van der Waals surface area contributed by atoms with E-state index in [1.54, 1.807) is 6.92 Å². The molecule has 3 N–H and O–H groups in total. The average molecular weight is 386 g/mol. The van der Waals surface area contributed by atoms with E-state index >= 15 is 0 Å². The Labute approximate surface area is 159 Å². The fourth-order valence-corrected chi connectivity index (χ4v) is 3.39. The Hall–Kier alpha value is -3.55. The maximum absolute atomic E-state index is 13.2. The Bertz CT molecular complexity index is 1040. The zero-order valence-electron chi connectivity index (χ0n) is 15.5. The zero-order chi connectivity index (χ0) is 20.7. The smallest absolute Gasteiger partial charge is 0.203 e. The first-order valence-corrected chi connectivity index (χ1v) is 8.47. The standard InChI is InChI=1S/C20H18O8/c1-4-5-9(21)14-10(22)7-11(23)15-16(14)17(24)8-6-12(27-2)20(28-3)19(26)13(8)18(15)25/h6-7,22-23,26H,4-5H2,1-3H3. The van der Waals surface area contributed by atoms with Crippen LogP contribution >= 0.6 is 0 Å². The topological polar surface area (TPSA) is 130 Å². The Balaban J connectivity index is 2.40. The van der Waals surface area contributed by atoms with Gasteiger partial charge in [-0.25, -0.2) is 0 Å². The quantitative estimate of drug-likeness (QED) is 0.570. The minimum absolute atomic E-state index is 0.00848. The second-order valence-corrected chi connectivity index (χ2v) is 6.25. The van der Waals surface area contributed by atoms with Crippen LogP contribution in [-0.4, -0.2) is 46.9 Å². The lowest BCUT2D eigenvalue weighted by Crippen LogP contribution is -2.24. The summed E-state index contributed by atoms with van der Waals surface area (Å²) in [6.45, 7) is 1.75. The highest BCUT2D eigenvalue weighted by molar-refractivity contribution is 6.33. The molecule has 3 rings (SSSR count). The Morgan fingerprint density at radius 1 is 0.929 bits per heavy atom. The van der Waals surface area contributed by atoms with Gasteiger partial charge in [0.1, 0.15) is 11.5 Å². The molecule has 2 aromatic carbocycles. The lowest BCUT2D eigenvalue weighted by atomic mass is 9.79. The van der Waals surface area contributed by atoms with Crippen LogP contribution in [0.5, 0.6) is 28.7 Å². The minimum Gasteiger partial charge on any atom is -0.507 e. The van der Waals surface area contributed by atoms with Crippen molar-refractivity contribution in [2.75, 3.05) is 14.2 Å². The SMILES string of the molecule is CCCC(=O)c1c(O)cc(O)c2c1C(=O)c1cc(OC)c(OC)c(O)c1C2=O. The molecule has 8 heteroatoms. The van der Waals surface area contributed by atoms with Gasteiger partial charge in [0.2, 0.25) is 11.5 Å². The summed E-state index contributed by atoms with van der Waals surface area (Å²) in [5.74, 6) is -4.22. The highest BCUT2D eigenvalue weighted by Gasteiger charge is 2.40. The molecule has 1 aliphatic rings. The normalized spacial score (nSPS) is 12.4. The van der Waals surface area contributed by atoms with Crippen molar-refractivity contribution in [1.29, 1.82) is 0 Å². The van der Waals surface area contributed by atoms with Crippen LogP contribution in [0.1, 0.15) is 62.0 Å². The summed E-state index contributed by atoms with van der Waals surface area (Å²) in [5, 5.41) is 30.9. The number of aromatic hydroxyl groups is 3. The first kappa shape index (κ1) is 19.2. The van der Waals surface area contributed by atoms with Crippen LogP contribution in [0.4, 0.5) is 0 Å². The number of carbonyl (C=O) groups is 3. The van der Waals surface area contributed by atoms with Crippen LogP contribution in [0.15, 0.2) is 12.1 Å². The van der Waals surface area contributed by atoms with Gasteiger partial charge in [-0.1, -0.05) is 6.92 Å². The first-order chi connectivity index (χ1) is 13.3. The van der Waals surface area contributed by atoms with Crippen LogP contribution < -0.4 is 9.47 Å². The third-order valence-electron chi connectivity index (χ3n) is 4.61. The molecule has 1 aliphatic carbocycles. The summed E-state index contributed by atoms with van der Waals surface area (Å²) in [7, 11) is 2.55. The third-order valence-corrected chi connectivity index (χ3v) is 4.61. The molecule has 0 saturated carbocycles. The van der Waals surface area contributed by atoms with E-state index in [0.29, 0.717) is 6.42 Å². The van der Waals surface area contributed by atoms with Crippen LogP contribution in [0.2, 0.25) is 0 Å². The van der Waals surface area contributed by atoms with E-state index in [0.717, 1.165) is 6.07 Å². The van der Waals surface area contributed by atoms with E-state index in [-0.39, 0.29) is 40.2 Å². The fraction of sp³-hybridized carbons (Fsp3) is 0.250. The number of ketones is 3. The van der Waals surface area contributed by atoms with Crippen molar-refractivity contribution in [3.8, 4) is 28.7 Å². The van der Waals surface area contributed by atoms with Gasteiger partial charge in [-0.05, 0) is 12.5 Å². The molecule has 0 saturated heterocycles. The monoisotopic (exact) mass is 386 g/mol. The number of benzene rings is 2. The van der Waals surface area contributed by atoms with Gasteiger partial charge in [-0.15, -0.1) is 0 Å². The zero-order valence-corrected chi connectivity index (χ0v) is 15.5. The first-order valence-electron chi connectivity index (χ1n) is 8.47. The highest BCUT2D eigenvalue weighted by Crippen LogP contribution is 2.47. The van der Waals surface area contributed by atoms with Crippen LogP contribution in [0.3, 0.4) is 0 Å². The summed E-state index contributed by atoms with van der Waals surface area (Å²) in [6, 6.07) is 2.06. The third kappa shape index (κ3) is 2.57. The number of hydrogen-bond donors (Lipinski definition) is 3. The summed E-state index contributed by atoms with van der Waals surface area (Å²) in [4.78, 5) is 38.7. The van der Waals surface area contributed by atoms with Gasteiger partial charge in [-0.3, -0.25) is 14.4 Å². The molecule has 0 amide bonds. The van der Waals surface area contributed by atoms with Gasteiger partial charge >= 0.3 is 0 Å². The summed E-state index contributed by atoms with van der Waals surface area (Å²) < 4.78 is 10.2. The van der Waals surface area contributed by atoms with Crippen molar-refractivity contribution in [3.05, 3.63) is 39.9 Å². The van der Waals surface area contributed by atoms with E-state index in [1.165, 1.54) is 20.3 Å². The number of Topliss-reactive ketones (excluding diaryl/α,β-unsaturated/α-hetero) is 1. The minimum atomic E-state index is -0.869. The van der Waals surface area contributed by atoms with Gasteiger partial charge in [0.25, 0.3) is 0 Å². The fourth-order valence-electron chi connectivity index (χ4n) is 3.39. The number of methoxy groups -OCH3 is 2. The van der Waals surface area contributed by atoms with Crippen LogP contribution in [0, 0.1) is 0 Å². The summed E-state index contributed by atoms with van der Waals surface area (Å²) >= 11 is 0. The molecular weight excluding hydrogens is 368 g/mol. The molecule has 28 heavy (non-hydrogen) atoms. The molecule has 0 aliphatic heterocycles. The Morgan fingerprint density at radius 3 is 2.18 bits per heavy atom. The molecule has 0 radical (unpaired) electrons. The number of phenolic OH excluding ortho intramolecular Hbond substituents is 3. The lowest BCUT2D eigenvalue weighted by Gasteiger charge is -2.23. The number of hydrogen-bond acceptors (Lipinski definition) is 8. The molecule has 8 nitrogen and oxygen atoms in total. The molecule has 0 spiro atoms. The van der Waals surface area contributed by atoms with Crippen molar-refractivity contribution in [3.63, 3.8) is 0 Å². The van der Waals surface area contributed by atoms with Gasteiger partial charge in [0.15, 0.2) is 23.1 Å². The number of carbonyl (C=O) groups excluding carboxylic acids is 3. The molecular formula is C20H18O8. The lowest BCUT2D eigenvalue weighted by molar-refractivity contribution is 0.0951. The maximum Gasteiger partial charge on any atom is 0.203 e. The molecule has 0 bridgehead atoms.